The van der Waals surface area contributed by atoms with Crippen molar-refractivity contribution in [3.63, 3.8) is 0 Å². The van der Waals surface area contributed by atoms with E-state index in [0.29, 0.717) is 25.4 Å². The van der Waals surface area contributed by atoms with Gasteiger partial charge < -0.3 is 15.0 Å². The second-order valence-electron chi connectivity index (χ2n) is 6.57. The van der Waals surface area contributed by atoms with Crippen molar-refractivity contribution in [2.75, 3.05) is 45.7 Å². The van der Waals surface area contributed by atoms with Crippen LogP contribution in [0.1, 0.15) is 18.1 Å². The number of sulfonamides is 1. The van der Waals surface area contributed by atoms with Gasteiger partial charge in [-0.3, -0.25) is 4.79 Å². The van der Waals surface area contributed by atoms with Crippen LogP contribution in [0, 0.1) is 13.8 Å². The number of carbonyl (C=O) groups is 1. The van der Waals surface area contributed by atoms with E-state index in [0.717, 1.165) is 11.1 Å². The van der Waals surface area contributed by atoms with Crippen LogP contribution < -0.4 is 5.32 Å². The summed E-state index contributed by atoms with van der Waals surface area (Å²) in [4.78, 5) is 14.4. The summed E-state index contributed by atoms with van der Waals surface area (Å²) >= 11 is 0. The van der Waals surface area contributed by atoms with Crippen molar-refractivity contribution < 1.29 is 17.9 Å². The van der Waals surface area contributed by atoms with Gasteiger partial charge in [0, 0.05) is 32.9 Å². The number of hydrogen-bond donors (Lipinski definition) is 1. The highest BCUT2D eigenvalue weighted by molar-refractivity contribution is 7.89. The minimum Gasteiger partial charge on any atom is -0.376 e. The van der Waals surface area contributed by atoms with E-state index < -0.39 is 10.0 Å². The van der Waals surface area contributed by atoms with Crippen LogP contribution in [-0.4, -0.2) is 70.0 Å². The van der Waals surface area contributed by atoms with Crippen LogP contribution in [0.15, 0.2) is 17.0 Å². The van der Waals surface area contributed by atoms with Crippen LogP contribution in [0.2, 0.25) is 0 Å². The number of aryl methyl sites for hydroxylation is 1. The quantitative estimate of drug-likeness (QED) is 0.844. The van der Waals surface area contributed by atoms with E-state index in [-0.39, 0.29) is 23.5 Å². The molecule has 0 radical (unpaired) electrons. The van der Waals surface area contributed by atoms with Crippen molar-refractivity contribution in [3.05, 3.63) is 23.3 Å². The molecule has 0 aliphatic carbocycles. The van der Waals surface area contributed by atoms with Crippen LogP contribution in [0.3, 0.4) is 0 Å². The van der Waals surface area contributed by atoms with Crippen molar-refractivity contribution in [2.24, 2.45) is 0 Å². The monoisotopic (exact) mass is 369 g/mol. The zero-order chi connectivity index (χ0) is 18.8. The SMILES string of the molecule is Cc1cc(S(=O)(=O)N(C)C)cc(NCC(=O)N2CCOC(C)C2)c1C. The van der Waals surface area contributed by atoms with Crippen LogP contribution in [0.4, 0.5) is 5.69 Å². The number of anilines is 1. The van der Waals surface area contributed by atoms with Gasteiger partial charge in [0.25, 0.3) is 0 Å². The summed E-state index contributed by atoms with van der Waals surface area (Å²) in [5.41, 5.74) is 2.45. The molecular weight excluding hydrogens is 342 g/mol. The Hall–Kier alpha value is -1.64. The molecule has 7 nitrogen and oxygen atoms in total. The highest BCUT2D eigenvalue weighted by Crippen LogP contribution is 2.25. The molecule has 1 unspecified atom stereocenters. The molecule has 0 aromatic heterocycles. The van der Waals surface area contributed by atoms with Crippen LogP contribution >= 0.6 is 0 Å². The van der Waals surface area contributed by atoms with E-state index in [1.54, 1.807) is 17.0 Å². The normalized spacial score (nSPS) is 18.5. The third kappa shape index (κ3) is 4.50. The number of carbonyl (C=O) groups excluding carboxylic acids is 1. The van der Waals surface area contributed by atoms with E-state index in [1.807, 2.05) is 20.8 Å². The first-order valence-corrected chi connectivity index (χ1v) is 9.74. The fourth-order valence-corrected chi connectivity index (χ4v) is 3.71. The molecular formula is C17H27N3O4S. The van der Waals surface area contributed by atoms with E-state index in [4.69, 9.17) is 4.74 Å². The maximum Gasteiger partial charge on any atom is 0.242 e. The lowest BCUT2D eigenvalue weighted by atomic mass is 10.1. The summed E-state index contributed by atoms with van der Waals surface area (Å²) in [5.74, 6) is -0.0203. The lowest BCUT2D eigenvalue weighted by Crippen LogP contribution is -2.46. The molecule has 1 heterocycles. The second kappa shape index (κ2) is 7.72. The molecule has 1 saturated heterocycles. The Balaban J connectivity index is 2.16. The van der Waals surface area contributed by atoms with Gasteiger partial charge in [-0.25, -0.2) is 12.7 Å². The second-order valence-corrected chi connectivity index (χ2v) is 8.73. The van der Waals surface area contributed by atoms with Crippen molar-refractivity contribution in [1.82, 2.24) is 9.21 Å². The Labute approximate surface area is 150 Å². The maximum atomic E-state index is 12.4. The summed E-state index contributed by atoms with van der Waals surface area (Å²) in [6.45, 7) is 7.53. The van der Waals surface area contributed by atoms with Gasteiger partial charge in [0.2, 0.25) is 15.9 Å². The molecule has 1 aliphatic heterocycles. The van der Waals surface area contributed by atoms with Gasteiger partial charge in [0.1, 0.15) is 0 Å². The number of rotatable bonds is 5. The van der Waals surface area contributed by atoms with Crippen LogP contribution in [0.25, 0.3) is 0 Å². The Morgan fingerprint density at radius 2 is 2.04 bits per heavy atom. The number of nitrogens with zero attached hydrogens (tertiary/aromatic N) is 2. The molecule has 1 aromatic rings. The molecule has 1 fully saturated rings. The molecule has 1 amide bonds. The van der Waals surface area contributed by atoms with E-state index in [2.05, 4.69) is 5.32 Å². The van der Waals surface area contributed by atoms with Crippen molar-refractivity contribution in [1.29, 1.82) is 0 Å². The highest BCUT2D eigenvalue weighted by Gasteiger charge is 2.22. The number of hydrogen-bond acceptors (Lipinski definition) is 5. The van der Waals surface area contributed by atoms with Gasteiger partial charge in [-0.05, 0) is 44.0 Å². The first kappa shape index (κ1) is 19.7. The summed E-state index contributed by atoms with van der Waals surface area (Å²) in [7, 11) is -0.522. The molecule has 0 bridgehead atoms. The van der Waals surface area contributed by atoms with E-state index in [9.17, 15) is 13.2 Å². The predicted molar refractivity (Wildman–Crippen MR) is 97.3 cm³/mol. The fourth-order valence-electron chi connectivity index (χ4n) is 2.70. The highest BCUT2D eigenvalue weighted by atomic mass is 32.2. The number of benzene rings is 1. The van der Waals surface area contributed by atoms with Crippen molar-refractivity contribution in [3.8, 4) is 0 Å². The largest absolute Gasteiger partial charge is 0.376 e. The first-order valence-electron chi connectivity index (χ1n) is 8.30. The average molecular weight is 369 g/mol. The fraction of sp³-hybridized carbons (Fsp3) is 0.588. The molecule has 2 rings (SSSR count). The lowest BCUT2D eigenvalue weighted by Gasteiger charge is -2.31. The number of ether oxygens (including phenoxy) is 1. The Morgan fingerprint density at radius 1 is 1.36 bits per heavy atom. The van der Waals surface area contributed by atoms with Crippen LogP contribution in [-0.2, 0) is 19.6 Å². The zero-order valence-corrected chi connectivity index (χ0v) is 16.3. The Kier molecular flexibility index (Phi) is 6.08. The number of amides is 1. The van der Waals surface area contributed by atoms with Crippen LogP contribution in [0.5, 0.6) is 0 Å². The first-order chi connectivity index (χ1) is 11.6. The predicted octanol–water partition coefficient (Wildman–Crippen LogP) is 1.21. The Bertz CT molecular complexity index is 747. The summed E-state index contributed by atoms with van der Waals surface area (Å²) in [6.07, 6.45) is 0.0373. The van der Waals surface area contributed by atoms with Gasteiger partial charge in [-0.1, -0.05) is 0 Å². The summed E-state index contributed by atoms with van der Waals surface area (Å²) < 4.78 is 31.4. The van der Waals surface area contributed by atoms with Gasteiger partial charge in [-0.2, -0.15) is 0 Å². The summed E-state index contributed by atoms with van der Waals surface area (Å²) in [6, 6.07) is 3.24. The third-order valence-corrected chi connectivity index (χ3v) is 6.24. The van der Waals surface area contributed by atoms with Gasteiger partial charge >= 0.3 is 0 Å². The molecule has 0 spiro atoms. The van der Waals surface area contributed by atoms with Crippen molar-refractivity contribution in [2.45, 2.75) is 31.8 Å². The maximum absolute atomic E-state index is 12.4. The minimum atomic E-state index is -3.52. The van der Waals surface area contributed by atoms with Gasteiger partial charge in [-0.15, -0.1) is 0 Å². The Morgan fingerprint density at radius 3 is 2.64 bits per heavy atom. The standard InChI is InChI=1S/C17H27N3O4S/c1-12-8-15(25(22,23)19(4)5)9-16(14(12)3)18-10-17(21)20-6-7-24-13(2)11-20/h8-9,13,18H,6-7,10-11H2,1-5H3. The van der Waals surface area contributed by atoms with E-state index in [1.165, 1.54) is 18.4 Å². The number of nitrogens with one attached hydrogen (secondary N) is 1. The lowest BCUT2D eigenvalue weighted by molar-refractivity contribution is -0.136. The number of morpholine rings is 1. The van der Waals surface area contributed by atoms with Crippen molar-refractivity contribution >= 4 is 21.6 Å². The topological polar surface area (TPSA) is 79.0 Å². The smallest absolute Gasteiger partial charge is 0.242 e. The molecule has 1 aliphatic rings. The third-order valence-electron chi connectivity index (χ3n) is 4.44. The van der Waals surface area contributed by atoms with Gasteiger partial charge in [0.05, 0.1) is 24.2 Å². The van der Waals surface area contributed by atoms with Gasteiger partial charge in [0.15, 0.2) is 0 Å². The molecule has 25 heavy (non-hydrogen) atoms. The summed E-state index contributed by atoms with van der Waals surface area (Å²) in [5, 5.41) is 3.10. The molecule has 0 saturated carbocycles. The molecule has 1 atom stereocenters. The minimum absolute atomic E-state index is 0.0203. The average Bonchev–Trinajstić information content (AvgIpc) is 2.55. The van der Waals surface area contributed by atoms with E-state index >= 15 is 0 Å². The molecule has 140 valence electrons. The molecule has 1 N–H and O–H groups in total. The molecule has 8 heteroatoms. The zero-order valence-electron chi connectivity index (χ0n) is 15.5. The molecule has 1 aromatic carbocycles.